The lowest BCUT2D eigenvalue weighted by Crippen LogP contribution is -2.47. The lowest BCUT2D eigenvalue weighted by molar-refractivity contribution is 0.305. The van der Waals surface area contributed by atoms with Crippen molar-refractivity contribution in [1.29, 1.82) is 0 Å². The molecule has 0 saturated carbocycles. The van der Waals surface area contributed by atoms with Gasteiger partial charge in [-0.25, -0.2) is 23.1 Å². The first-order valence-electron chi connectivity index (χ1n) is 6.39. The Kier molecular flexibility index (Phi) is 5.70. The molecular formula is C12H22N4O3S. The summed E-state index contributed by atoms with van der Waals surface area (Å²) in [5, 5.41) is 3.07. The Hall–Kier alpha value is -1.41. The van der Waals surface area contributed by atoms with Crippen LogP contribution in [-0.2, 0) is 10.0 Å². The number of nitrogens with one attached hydrogen (secondary N) is 2. The van der Waals surface area contributed by atoms with Crippen LogP contribution in [0.4, 0.5) is 5.82 Å². The lowest BCUT2D eigenvalue weighted by Gasteiger charge is -2.25. The van der Waals surface area contributed by atoms with Crippen LogP contribution in [0.25, 0.3) is 0 Å². The number of anilines is 1. The maximum Gasteiger partial charge on any atom is 0.218 e. The number of hydrogen-bond donors (Lipinski definition) is 2. The van der Waals surface area contributed by atoms with Crippen LogP contribution in [0.15, 0.2) is 12.4 Å². The average molecular weight is 302 g/mol. The van der Waals surface area contributed by atoms with E-state index in [0.717, 1.165) is 12.7 Å². The fraction of sp³-hybridized carbons (Fsp3) is 0.667. The highest BCUT2D eigenvalue weighted by molar-refractivity contribution is 7.88. The number of aromatic nitrogens is 2. The minimum atomic E-state index is -3.25. The van der Waals surface area contributed by atoms with E-state index in [2.05, 4.69) is 20.0 Å². The molecule has 0 radical (unpaired) electrons. The molecule has 0 atom stereocenters. The molecule has 0 aliphatic carbocycles. The van der Waals surface area contributed by atoms with Crippen molar-refractivity contribution in [2.75, 3.05) is 24.7 Å². The summed E-state index contributed by atoms with van der Waals surface area (Å²) in [7, 11) is -3.25. The molecule has 0 aromatic carbocycles. The predicted octanol–water partition coefficient (Wildman–Crippen LogP) is 1.01. The summed E-state index contributed by atoms with van der Waals surface area (Å²) in [4.78, 5) is 8.06. The Morgan fingerprint density at radius 1 is 1.35 bits per heavy atom. The summed E-state index contributed by atoms with van der Waals surface area (Å²) in [6.07, 6.45) is 3.44. The summed E-state index contributed by atoms with van der Waals surface area (Å²) in [5.41, 5.74) is -0.622. The maximum absolute atomic E-state index is 11.2. The average Bonchev–Trinajstić information content (AvgIpc) is 2.32. The zero-order valence-corrected chi connectivity index (χ0v) is 13.1. The van der Waals surface area contributed by atoms with Crippen molar-refractivity contribution in [2.24, 2.45) is 0 Å². The number of nitrogens with zero attached hydrogens (tertiary/aromatic N) is 2. The van der Waals surface area contributed by atoms with Crippen LogP contribution in [0.2, 0.25) is 0 Å². The Bertz CT molecular complexity index is 531. The van der Waals surface area contributed by atoms with Gasteiger partial charge in [-0.3, -0.25) is 0 Å². The molecule has 20 heavy (non-hydrogen) atoms. The normalized spacial score (nSPS) is 12.2. The van der Waals surface area contributed by atoms with Gasteiger partial charge in [0.15, 0.2) is 0 Å². The smallest absolute Gasteiger partial charge is 0.218 e. The van der Waals surface area contributed by atoms with Gasteiger partial charge >= 0.3 is 0 Å². The molecule has 0 bridgehead atoms. The van der Waals surface area contributed by atoms with Gasteiger partial charge in [0, 0.05) is 18.2 Å². The van der Waals surface area contributed by atoms with Crippen molar-refractivity contribution >= 4 is 15.8 Å². The minimum absolute atomic E-state index is 0.393. The van der Waals surface area contributed by atoms with E-state index in [1.54, 1.807) is 19.9 Å². The Morgan fingerprint density at radius 3 is 2.65 bits per heavy atom. The molecule has 1 heterocycles. The van der Waals surface area contributed by atoms with E-state index >= 15 is 0 Å². The molecule has 0 spiro atoms. The third-order valence-corrected chi connectivity index (χ3v) is 3.19. The second kappa shape index (κ2) is 6.85. The quantitative estimate of drug-likeness (QED) is 0.744. The van der Waals surface area contributed by atoms with Gasteiger partial charge in [0.05, 0.1) is 12.9 Å². The predicted molar refractivity (Wildman–Crippen MR) is 78.4 cm³/mol. The van der Waals surface area contributed by atoms with E-state index in [1.807, 2.05) is 6.92 Å². The number of ether oxygens (including phenoxy) is 1. The number of sulfonamides is 1. The van der Waals surface area contributed by atoms with E-state index < -0.39 is 15.6 Å². The Labute approximate surface area is 120 Å². The molecule has 1 aromatic rings. The van der Waals surface area contributed by atoms with Crippen LogP contribution in [0, 0.1) is 0 Å². The first kappa shape index (κ1) is 16.6. The van der Waals surface area contributed by atoms with E-state index in [4.69, 9.17) is 4.74 Å². The SMILES string of the molecule is CCCOc1cc(NCC(C)(C)NS(C)(=O)=O)ncn1. The zero-order valence-electron chi connectivity index (χ0n) is 12.3. The van der Waals surface area contributed by atoms with Crippen molar-refractivity contribution < 1.29 is 13.2 Å². The van der Waals surface area contributed by atoms with Crippen LogP contribution in [0.1, 0.15) is 27.2 Å². The molecule has 8 heteroatoms. The van der Waals surface area contributed by atoms with Crippen molar-refractivity contribution in [2.45, 2.75) is 32.7 Å². The van der Waals surface area contributed by atoms with Gasteiger partial charge in [-0.05, 0) is 20.3 Å². The molecule has 0 fully saturated rings. The highest BCUT2D eigenvalue weighted by Crippen LogP contribution is 2.13. The first-order valence-corrected chi connectivity index (χ1v) is 8.29. The third kappa shape index (κ3) is 6.67. The van der Waals surface area contributed by atoms with Crippen molar-refractivity contribution in [3.05, 3.63) is 12.4 Å². The van der Waals surface area contributed by atoms with E-state index in [9.17, 15) is 8.42 Å². The molecule has 0 amide bonds. The monoisotopic (exact) mass is 302 g/mol. The topological polar surface area (TPSA) is 93.2 Å². The third-order valence-electron chi connectivity index (χ3n) is 2.27. The second-order valence-corrected chi connectivity index (χ2v) is 6.95. The van der Waals surface area contributed by atoms with Gasteiger partial charge in [-0.2, -0.15) is 0 Å². The van der Waals surface area contributed by atoms with Crippen molar-refractivity contribution in [3.8, 4) is 5.88 Å². The molecule has 0 unspecified atom stereocenters. The van der Waals surface area contributed by atoms with E-state index in [1.165, 1.54) is 6.33 Å². The highest BCUT2D eigenvalue weighted by atomic mass is 32.2. The van der Waals surface area contributed by atoms with Gasteiger partial charge in [0.25, 0.3) is 0 Å². The molecule has 7 nitrogen and oxygen atoms in total. The molecular weight excluding hydrogens is 280 g/mol. The zero-order chi connectivity index (χ0) is 15.2. The number of hydrogen-bond acceptors (Lipinski definition) is 6. The molecule has 2 N–H and O–H groups in total. The van der Waals surface area contributed by atoms with Gasteiger partial charge < -0.3 is 10.1 Å². The van der Waals surface area contributed by atoms with Crippen LogP contribution >= 0.6 is 0 Å². The molecule has 1 aromatic heterocycles. The summed E-state index contributed by atoms with van der Waals surface area (Å²) >= 11 is 0. The highest BCUT2D eigenvalue weighted by Gasteiger charge is 2.21. The maximum atomic E-state index is 11.2. The summed E-state index contributed by atoms with van der Waals surface area (Å²) < 4.78 is 30.4. The molecule has 0 saturated heterocycles. The second-order valence-electron chi connectivity index (χ2n) is 5.20. The molecule has 114 valence electrons. The lowest BCUT2D eigenvalue weighted by atomic mass is 10.1. The van der Waals surface area contributed by atoms with E-state index in [0.29, 0.717) is 24.8 Å². The summed E-state index contributed by atoms with van der Waals surface area (Å²) in [6, 6.07) is 1.69. The van der Waals surface area contributed by atoms with Crippen LogP contribution < -0.4 is 14.8 Å². The van der Waals surface area contributed by atoms with Crippen molar-refractivity contribution in [3.63, 3.8) is 0 Å². The van der Waals surface area contributed by atoms with Gasteiger partial charge in [-0.1, -0.05) is 6.92 Å². The first-order chi connectivity index (χ1) is 9.22. The molecule has 0 aliphatic heterocycles. The van der Waals surface area contributed by atoms with E-state index in [-0.39, 0.29) is 0 Å². The molecule has 0 aliphatic rings. The number of rotatable bonds is 8. The standard InChI is InChI=1S/C12H22N4O3S/c1-5-6-19-11-7-10(14-9-15-11)13-8-12(2,3)16-20(4,17)18/h7,9,16H,5-6,8H2,1-4H3,(H,13,14,15). The fourth-order valence-electron chi connectivity index (χ4n) is 1.57. The van der Waals surface area contributed by atoms with Gasteiger partial charge in [0.1, 0.15) is 12.1 Å². The fourth-order valence-corrected chi connectivity index (χ4v) is 2.65. The van der Waals surface area contributed by atoms with Crippen LogP contribution in [0.3, 0.4) is 0 Å². The largest absolute Gasteiger partial charge is 0.478 e. The molecule has 1 rings (SSSR count). The Morgan fingerprint density at radius 2 is 2.05 bits per heavy atom. The van der Waals surface area contributed by atoms with Crippen molar-refractivity contribution in [1.82, 2.24) is 14.7 Å². The summed E-state index contributed by atoms with van der Waals surface area (Å²) in [5.74, 6) is 1.09. The van der Waals surface area contributed by atoms with Crippen LogP contribution in [0.5, 0.6) is 5.88 Å². The minimum Gasteiger partial charge on any atom is -0.478 e. The Balaban J connectivity index is 2.60. The van der Waals surface area contributed by atoms with Crippen LogP contribution in [-0.4, -0.2) is 43.3 Å². The van der Waals surface area contributed by atoms with Gasteiger partial charge in [-0.15, -0.1) is 0 Å². The summed E-state index contributed by atoms with van der Waals surface area (Å²) in [6.45, 7) is 6.58. The van der Waals surface area contributed by atoms with Gasteiger partial charge in [0.2, 0.25) is 15.9 Å².